The van der Waals surface area contributed by atoms with E-state index in [1.54, 1.807) is 0 Å². The first-order chi connectivity index (χ1) is 7.89. The van der Waals surface area contributed by atoms with E-state index >= 15 is 0 Å². The lowest BCUT2D eigenvalue weighted by molar-refractivity contribution is -0.138. The highest BCUT2D eigenvalue weighted by Gasteiger charge is 2.36. The van der Waals surface area contributed by atoms with E-state index in [0.717, 1.165) is 6.07 Å². The van der Waals surface area contributed by atoms with Gasteiger partial charge in [0.15, 0.2) is 11.5 Å². The minimum Gasteiger partial charge on any atom is -0.486 e. The van der Waals surface area contributed by atoms with Crippen molar-refractivity contribution in [2.45, 2.75) is 19.1 Å². The Balaban J connectivity index is 2.56. The van der Waals surface area contributed by atoms with Crippen LogP contribution in [-0.2, 0) is 6.18 Å². The molecule has 2 rings (SSSR count). The summed E-state index contributed by atoms with van der Waals surface area (Å²) in [7, 11) is 0. The number of nitrogens with two attached hydrogens (primary N) is 1. The molecule has 0 fully saturated rings. The van der Waals surface area contributed by atoms with Gasteiger partial charge in [-0.2, -0.15) is 13.2 Å². The second-order valence-corrected chi connectivity index (χ2v) is 3.87. The van der Waals surface area contributed by atoms with E-state index in [1.807, 2.05) is 0 Å². The summed E-state index contributed by atoms with van der Waals surface area (Å²) in [4.78, 5) is 0. The van der Waals surface area contributed by atoms with E-state index in [-0.39, 0.29) is 17.9 Å². The molecule has 0 saturated carbocycles. The molecule has 1 unspecified atom stereocenters. The highest BCUT2D eigenvalue weighted by molar-refractivity contribution is 5.50. The third-order valence-corrected chi connectivity index (χ3v) is 2.51. The van der Waals surface area contributed by atoms with Crippen LogP contribution in [0.4, 0.5) is 13.2 Å². The molecule has 1 aliphatic rings. The molecule has 0 aliphatic carbocycles. The molecule has 0 aromatic heterocycles. The number of hydrogen-bond acceptors (Lipinski definition) is 3. The van der Waals surface area contributed by atoms with E-state index in [9.17, 15) is 13.2 Å². The quantitative estimate of drug-likeness (QED) is 0.829. The molecule has 0 radical (unpaired) electrons. The lowest BCUT2D eigenvalue weighted by atomic mass is 10.0. The first kappa shape index (κ1) is 12.0. The summed E-state index contributed by atoms with van der Waals surface area (Å²) in [6, 6.07) is 1.54. The fraction of sp³-hybridized carbons (Fsp3) is 0.455. The number of fused-ring (bicyclic) bond motifs is 1. The van der Waals surface area contributed by atoms with Crippen LogP contribution in [0.3, 0.4) is 0 Å². The molecule has 6 heteroatoms. The molecule has 1 aromatic carbocycles. The van der Waals surface area contributed by atoms with E-state index in [1.165, 1.54) is 13.0 Å². The average Bonchev–Trinajstić information content (AvgIpc) is 2.26. The molecule has 1 atom stereocenters. The van der Waals surface area contributed by atoms with Gasteiger partial charge >= 0.3 is 6.18 Å². The second kappa shape index (κ2) is 4.10. The monoisotopic (exact) mass is 247 g/mol. The molecule has 2 N–H and O–H groups in total. The van der Waals surface area contributed by atoms with Crippen molar-refractivity contribution in [1.29, 1.82) is 0 Å². The predicted octanol–water partition coefficient (Wildman–Crippen LogP) is 2.50. The number of halogens is 3. The van der Waals surface area contributed by atoms with Gasteiger partial charge in [0.1, 0.15) is 13.2 Å². The SMILES string of the molecule is CC(N)c1cc2c(cc1C(F)(F)F)OCCO2. The van der Waals surface area contributed by atoms with Crippen LogP contribution in [0.25, 0.3) is 0 Å². The molecule has 1 heterocycles. The van der Waals surface area contributed by atoms with E-state index in [0.29, 0.717) is 12.4 Å². The van der Waals surface area contributed by atoms with Gasteiger partial charge in [0, 0.05) is 6.04 Å². The zero-order valence-electron chi connectivity index (χ0n) is 9.17. The summed E-state index contributed by atoms with van der Waals surface area (Å²) in [6.45, 7) is 2.08. The van der Waals surface area contributed by atoms with Crippen molar-refractivity contribution >= 4 is 0 Å². The highest BCUT2D eigenvalue weighted by Crippen LogP contribution is 2.41. The van der Waals surface area contributed by atoms with Crippen molar-refractivity contribution in [1.82, 2.24) is 0 Å². The molecular weight excluding hydrogens is 235 g/mol. The van der Waals surface area contributed by atoms with Gasteiger partial charge in [0.25, 0.3) is 0 Å². The maximum absolute atomic E-state index is 12.8. The maximum Gasteiger partial charge on any atom is 0.416 e. The lowest BCUT2D eigenvalue weighted by Crippen LogP contribution is -2.20. The van der Waals surface area contributed by atoms with Crippen molar-refractivity contribution in [3.8, 4) is 11.5 Å². The molecule has 17 heavy (non-hydrogen) atoms. The van der Waals surface area contributed by atoms with Gasteiger partial charge < -0.3 is 15.2 Å². The standard InChI is InChI=1S/C11H12F3NO2/c1-6(15)7-4-9-10(17-3-2-16-9)5-8(7)11(12,13)14/h4-6H,2-3,15H2,1H3. The minimum atomic E-state index is -4.45. The molecule has 0 bridgehead atoms. The number of alkyl halides is 3. The zero-order valence-corrected chi connectivity index (χ0v) is 9.17. The van der Waals surface area contributed by atoms with Crippen molar-refractivity contribution in [2.75, 3.05) is 13.2 Å². The second-order valence-electron chi connectivity index (χ2n) is 3.87. The van der Waals surface area contributed by atoms with Gasteiger partial charge in [-0.1, -0.05) is 0 Å². The Morgan fingerprint density at radius 2 is 1.71 bits per heavy atom. The maximum atomic E-state index is 12.8. The Kier molecular flexibility index (Phi) is 2.91. The molecular formula is C11H12F3NO2. The van der Waals surface area contributed by atoms with Crippen LogP contribution < -0.4 is 15.2 Å². The van der Waals surface area contributed by atoms with Gasteiger partial charge in [-0.15, -0.1) is 0 Å². The number of hydrogen-bond donors (Lipinski definition) is 1. The minimum absolute atomic E-state index is 0.0155. The Morgan fingerprint density at radius 3 is 2.18 bits per heavy atom. The first-order valence-corrected chi connectivity index (χ1v) is 5.16. The molecule has 1 aliphatic heterocycles. The van der Waals surface area contributed by atoms with Crippen molar-refractivity contribution in [2.24, 2.45) is 5.73 Å². The van der Waals surface area contributed by atoms with Gasteiger partial charge in [-0.25, -0.2) is 0 Å². The number of rotatable bonds is 1. The van der Waals surface area contributed by atoms with Crippen LogP contribution in [0.15, 0.2) is 12.1 Å². The Morgan fingerprint density at radius 1 is 1.18 bits per heavy atom. The molecule has 0 amide bonds. The first-order valence-electron chi connectivity index (χ1n) is 5.16. The van der Waals surface area contributed by atoms with Gasteiger partial charge in [0.2, 0.25) is 0 Å². The molecule has 3 nitrogen and oxygen atoms in total. The number of ether oxygens (including phenoxy) is 2. The third-order valence-electron chi connectivity index (χ3n) is 2.51. The summed E-state index contributed by atoms with van der Waals surface area (Å²) in [6.07, 6.45) is -4.45. The fourth-order valence-corrected chi connectivity index (χ4v) is 1.73. The van der Waals surface area contributed by atoms with Gasteiger partial charge in [0.05, 0.1) is 5.56 Å². The molecule has 0 spiro atoms. The van der Waals surface area contributed by atoms with Crippen LogP contribution in [0.5, 0.6) is 11.5 Å². The lowest BCUT2D eigenvalue weighted by Gasteiger charge is -2.23. The summed E-state index contributed by atoms with van der Waals surface area (Å²) in [5.74, 6) is 0.435. The van der Waals surface area contributed by atoms with Gasteiger partial charge in [-0.3, -0.25) is 0 Å². The molecule has 0 saturated heterocycles. The van der Waals surface area contributed by atoms with E-state index in [4.69, 9.17) is 15.2 Å². The Labute approximate surface area is 96.3 Å². The van der Waals surface area contributed by atoms with E-state index in [2.05, 4.69) is 0 Å². The Bertz CT molecular complexity index is 429. The van der Waals surface area contributed by atoms with Crippen molar-refractivity contribution < 1.29 is 22.6 Å². The fourth-order valence-electron chi connectivity index (χ4n) is 1.73. The Hall–Kier alpha value is -1.43. The largest absolute Gasteiger partial charge is 0.486 e. The zero-order chi connectivity index (χ0) is 12.6. The van der Waals surface area contributed by atoms with Crippen LogP contribution in [0, 0.1) is 0 Å². The average molecular weight is 247 g/mol. The van der Waals surface area contributed by atoms with Crippen LogP contribution in [0.1, 0.15) is 24.1 Å². The highest BCUT2D eigenvalue weighted by atomic mass is 19.4. The third kappa shape index (κ3) is 2.31. The topological polar surface area (TPSA) is 44.5 Å². The number of benzene rings is 1. The van der Waals surface area contributed by atoms with Crippen LogP contribution in [-0.4, -0.2) is 13.2 Å². The van der Waals surface area contributed by atoms with Crippen molar-refractivity contribution in [3.63, 3.8) is 0 Å². The predicted molar refractivity (Wildman–Crippen MR) is 55.0 cm³/mol. The summed E-state index contributed by atoms with van der Waals surface area (Å²) in [5, 5.41) is 0. The summed E-state index contributed by atoms with van der Waals surface area (Å²) in [5.41, 5.74) is 4.80. The van der Waals surface area contributed by atoms with Crippen molar-refractivity contribution in [3.05, 3.63) is 23.3 Å². The summed E-state index contributed by atoms with van der Waals surface area (Å²) >= 11 is 0. The van der Waals surface area contributed by atoms with Crippen LogP contribution >= 0.6 is 0 Å². The van der Waals surface area contributed by atoms with Gasteiger partial charge in [-0.05, 0) is 24.6 Å². The summed E-state index contributed by atoms with van der Waals surface area (Å²) < 4.78 is 48.8. The van der Waals surface area contributed by atoms with E-state index < -0.39 is 17.8 Å². The van der Waals surface area contributed by atoms with Crippen LogP contribution in [0.2, 0.25) is 0 Å². The normalized spacial score (nSPS) is 16.8. The molecule has 94 valence electrons. The molecule has 1 aromatic rings. The smallest absolute Gasteiger partial charge is 0.416 e.